The van der Waals surface area contributed by atoms with E-state index in [0.29, 0.717) is 13.0 Å². The van der Waals surface area contributed by atoms with Gasteiger partial charge in [0.15, 0.2) is 0 Å². The van der Waals surface area contributed by atoms with Crippen LogP contribution >= 0.6 is 0 Å². The number of carboxylic acids is 1. The lowest BCUT2D eigenvalue weighted by molar-refractivity contribution is -0.147. The molecule has 2 atom stereocenters. The second kappa shape index (κ2) is 6.73. The van der Waals surface area contributed by atoms with Crippen molar-refractivity contribution in [3.8, 4) is 0 Å². The van der Waals surface area contributed by atoms with Crippen LogP contribution in [0.15, 0.2) is 0 Å². The molecule has 2 heterocycles. The number of carbonyl (C=O) groups is 4. The van der Waals surface area contributed by atoms with E-state index in [2.05, 4.69) is 5.32 Å². The van der Waals surface area contributed by atoms with Crippen molar-refractivity contribution in [2.24, 2.45) is 5.73 Å². The first kappa shape index (κ1) is 16.2. The van der Waals surface area contributed by atoms with Gasteiger partial charge in [-0.3, -0.25) is 14.4 Å². The molecule has 0 aromatic rings. The van der Waals surface area contributed by atoms with Crippen LogP contribution in [0.25, 0.3) is 0 Å². The fraction of sp³-hybridized carbons (Fsp3) is 0.692. The van der Waals surface area contributed by atoms with E-state index < -0.39 is 18.2 Å². The summed E-state index contributed by atoms with van der Waals surface area (Å²) < 4.78 is 0. The number of aliphatic carboxylic acids is 1. The second-order valence-electron chi connectivity index (χ2n) is 5.48. The summed E-state index contributed by atoms with van der Waals surface area (Å²) in [4.78, 5) is 48.6. The predicted molar refractivity (Wildman–Crippen MR) is 74.3 cm³/mol. The molecule has 2 aliphatic heterocycles. The molecule has 2 fully saturated rings. The van der Waals surface area contributed by atoms with Gasteiger partial charge in [0, 0.05) is 19.4 Å². The Morgan fingerprint density at radius 1 is 1.32 bits per heavy atom. The minimum atomic E-state index is -1.10. The molecule has 2 saturated heterocycles. The van der Waals surface area contributed by atoms with Crippen LogP contribution in [0.5, 0.6) is 0 Å². The number of rotatable bonds is 6. The van der Waals surface area contributed by atoms with E-state index in [0.717, 1.165) is 11.3 Å². The quantitative estimate of drug-likeness (QED) is 0.524. The van der Waals surface area contributed by atoms with Crippen molar-refractivity contribution in [2.75, 3.05) is 19.6 Å². The lowest BCUT2D eigenvalue weighted by Gasteiger charge is -2.28. The fourth-order valence-electron chi connectivity index (χ4n) is 2.78. The average Bonchev–Trinajstić information content (AvgIpc) is 3.03. The van der Waals surface area contributed by atoms with Crippen molar-refractivity contribution >= 4 is 23.7 Å². The maximum Gasteiger partial charge on any atom is 0.326 e. The summed E-state index contributed by atoms with van der Waals surface area (Å²) in [5, 5.41) is 11.6. The zero-order valence-corrected chi connectivity index (χ0v) is 12.2. The number of likely N-dealkylation sites (tertiary alicyclic amines) is 2. The van der Waals surface area contributed by atoms with E-state index in [1.807, 2.05) is 0 Å². The molecular formula is C13H20N4O5. The first-order valence-corrected chi connectivity index (χ1v) is 7.24. The molecule has 2 rings (SSSR count). The standard InChI is InChI=1S/C13H20N4O5/c14-9(17-8(13(21)22)3-4-12(17)20)6-15-10(18)7-16-5-1-2-11(16)19/h8-9H,1-7,14H2,(H,15,18)(H,21,22)/t8-,9?/m0/s1. The number of hydrogen-bond donors (Lipinski definition) is 3. The Morgan fingerprint density at radius 2 is 2.05 bits per heavy atom. The van der Waals surface area contributed by atoms with Gasteiger partial charge in [-0.15, -0.1) is 0 Å². The largest absolute Gasteiger partial charge is 0.480 e. The van der Waals surface area contributed by atoms with Crippen LogP contribution in [0.4, 0.5) is 0 Å². The highest BCUT2D eigenvalue weighted by molar-refractivity contribution is 5.88. The SMILES string of the molecule is NC(CNC(=O)CN1CCCC1=O)N1C(=O)CC[C@H]1C(=O)O. The zero-order valence-electron chi connectivity index (χ0n) is 12.2. The number of nitrogens with two attached hydrogens (primary N) is 1. The Bertz CT molecular complexity index is 495. The Hall–Kier alpha value is -2.16. The zero-order chi connectivity index (χ0) is 16.3. The highest BCUT2D eigenvalue weighted by atomic mass is 16.4. The summed E-state index contributed by atoms with van der Waals surface area (Å²) in [6, 6.07) is -0.945. The van der Waals surface area contributed by atoms with E-state index in [1.54, 1.807) is 0 Å². The van der Waals surface area contributed by atoms with Gasteiger partial charge in [0.1, 0.15) is 6.04 Å². The van der Waals surface area contributed by atoms with Crippen molar-refractivity contribution < 1.29 is 24.3 Å². The smallest absolute Gasteiger partial charge is 0.326 e. The predicted octanol–water partition coefficient (Wildman–Crippen LogP) is -1.91. The first-order valence-electron chi connectivity index (χ1n) is 7.24. The molecule has 9 nitrogen and oxygen atoms in total. The molecule has 0 radical (unpaired) electrons. The first-order chi connectivity index (χ1) is 10.4. The third-order valence-corrected chi connectivity index (χ3v) is 3.91. The van der Waals surface area contributed by atoms with Gasteiger partial charge < -0.3 is 26.0 Å². The topological polar surface area (TPSA) is 133 Å². The van der Waals surface area contributed by atoms with Gasteiger partial charge in [-0.2, -0.15) is 0 Å². The minimum absolute atomic E-state index is 0.0398. The molecule has 0 saturated carbocycles. The number of carboxylic acid groups (broad SMARTS) is 1. The monoisotopic (exact) mass is 312 g/mol. The van der Waals surface area contributed by atoms with Crippen LogP contribution in [-0.2, 0) is 19.2 Å². The number of carbonyl (C=O) groups excluding carboxylic acids is 3. The van der Waals surface area contributed by atoms with Gasteiger partial charge >= 0.3 is 5.97 Å². The van der Waals surface area contributed by atoms with Crippen LogP contribution in [0.2, 0.25) is 0 Å². The second-order valence-corrected chi connectivity index (χ2v) is 5.48. The summed E-state index contributed by atoms with van der Waals surface area (Å²) in [6.45, 7) is 0.474. The molecule has 0 aromatic heterocycles. The molecular weight excluding hydrogens is 292 g/mol. The minimum Gasteiger partial charge on any atom is -0.480 e. The van der Waals surface area contributed by atoms with Gasteiger partial charge in [0.25, 0.3) is 0 Å². The molecule has 122 valence electrons. The molecule has 9 heteroatoms. The van der Waals surface area contributed by atoms with Crippen molar-refractivity contribution in [3.05, 3.63) is 0 Å². The number of nitrogens with one attached hydrogen (secondary N) is 1. The molecule has 0 bridgehead atoms. The van der Waals surface area contributed by atoms with Gasteiger partial charge in [-0.25, -0.2) is 4.79 Å². The molecule has 4 N–H and O–H groups in total. The maximum atomic E-state index is 11.8. The molecule has 1 unspecified atom stereocenters. The highest BCUT2D eigenvalue weighted by Gasteiger charge is 2.39. The molecule has 0 aromatic carbocycles. The van der Waals surface area contributed by atoms with Gasteiger partial charge in [-0.1, -0.05) is 0 Å². The van der Waals surface area contributed by atoms with Crippen LogP contribution in [-0.4, -0.2) is 70.4 Å². The van der Waals surface area contributed by atoms with E-state index in [-0.39, 0.29) is 43.7 Å². The normalized spacial score (nSPS) is 23.0. The Labute approximate surface area is 127 Å². The Kier molecular flexibility index (Phi) is 4.96. The lowest BCUT2D eigenvalue weighted by atomic mass is 10.2. The highest BCUT2D eigenvalue weighted by Crippen LogP contribution is 2.20. The van der Waals surface area contributed by atoms with Gasteiger partial charge in [-0.05, 0) is 12.8 Å². The van der Waals surface area contributed by atoms with E-state index >= 15 is 0 Å². The van der Waals surface area contributed by atoms with Crippen LogP contribution < -0.4 is 11.1 Å². The third-order valence-electron chi connectivity index (χ3n) is 3.91. The molecule has 3 amide bonds. The van der Waals surface area contributed by atoms with E-state index in [1.165, 1.54) is 4.90 Å². The van der Waals surface area contributed by atoms with Gasteiger partial charge in [0.05, 0.1) is 19.3 Å². The number of hydrogen-bond acceptors (Lipinski definition) is 5. The number of nitrogens with zero attached hydrogens (tertiary/aromatic N) is 2. The third kappa shape index (κ3) is 3.53. The summed E-state index contributed by atoms with van der Waals surface area (Å²) in [6.07, 6.45) is 0.664. The summed E-state index contributed by atoms with van der Waals surface area (Å²) in [7, 11) is 0. The van der Waals surface area contributed by atoms with Crippen LogP contribution in [0.3, 0.4) is 0 Å². The lowest BCUT2D eigenvalue weighted by Crippen LogP contribution is -2.55. The van der Waals surface area contributed by atoms with Crippen LogP contribution in [0, 0.1) is 0 Å². The summed E-state index contributed by atoms with van der Waals surface area (Å²) >= 11 is 0. The molecule has 22 heavy (non-hydrogen) atoms. The molecule has 0 spiro atoms. The number of amides is 3. The summed E-state index contributed by atoms with van der Waals surface area (Å²) in [5.74, 6) is -1.86. The van der Waals surface area contributed by atoms with Crippen molar-refractivity contribution in [1.82, 2.24) is 15.1 Å². The molecule has 2 aliphatic rings. The van der Waals surface area contributed by atoms with Crippen LogP contribution in [0.1, 0.15) is 25.7 Å². The fourth-order valence-corrected chi connectivity index (χ4v) is 2.78. The molecule has 0 aliphatic carbocycles. The van der Waals surface area contributed by atoms with E-state index in [9.17, 15) is 19.2 Å². The van der Waals surface area contributed by atoms with Crippen molar-refractivity contribution in [2.45, 2.75) is 37.9 Å². The van der Waals surface area contributed by atoms with Crippen molar-refractivity contribution in [1.29, 1.82) is 0 Å². The Morgan fingerprint density at radius 3 is 2.64 bits per heavy atom. The van der Waals surface area contributed by atoms with Gasteiger partial charge in [0.2, 0.25) is 17.7 Å². The summed E-state index contributed by atoms with van der Waals surface area (Å²) in [5.41, 5.74) is 5.83. The Balaban J connectivity index is 1.82. The van der Waals surface area contributed by atoms with E-state index in [4.69, 9.17) is 10.8 Å². The average molecular weight is 312 g/mol. The van der Waals surface area contributed by atoms with Crippen molar-refractivity contribution in [3.63, 3.8) is 0 Å². The maximum absolute atomic E-state index is 11.8.